The first-order chi connectivity index (χ1) is 5.57. The standard InChI is InChI=1S/C10H14OSi/c1-12(2,11)10-6-5-8-3-4-9(8)7-10/h5-7,11H,3-4H2,1-2H3. The predicted octanol–water partition coefficient (Wildman–Crippen LogP) is 1.19. The molecule has 12 heavy (non-hydrogen) atoms. The number of aryl methyl sites for hydroxylation is 2. The van der Waals surface area contributed by atoms with Crippen molar-refractivity contribution in [1.29, 1.82) is 0 Å². The molecule has 1 aromatic rings. The zero-order valence-electron chi connectivity index (χ0n) is 7.59. The molecule has 1 N–H and O–H groups in total. The summed E-state index contributed by atoms with van der Waals surface area (Å²) < 4.78 is 0. The molecule has 1 aliphatic rings. The lowest BCUT2D eigenvalue weighted by Crippen LogP contribution is -2.42. The van der Waals surface area contributed by atoms with Crippen molar-refractivity contribution in [3.05, 3.63) is 29.3 Å². The van der Waals surface area contributed by atoms with E-state index in [2.05, 4.69) is 18.2 Å². The maximum absolute atomic E-state index is 9.87. The second-order valence-electron chi connectivity index (χ2n) is 4.04. The zero-order valence-corrected chi connectivity index (χ0v) is 8.59. The molecule has 2 rings (SSSR count). The molecule has 0 aliphatic heterocycles. The van der Waals surface area contributed by atoms with Gasteiger partial charge in [0, 0.05) is 0 Å². The van der Waals surface area contributed by atoms with Crippen molar-refractivity contribution < 1.29 is 4.80 Å². The molecule has 0 spiro atoms. The first kappa shape index (κ1) is 8.02. The van der Waals surface area contributed by atoms with E-state index in [1.807, 2.05) is 13.1 Å². The Morgan fingerprint density at radius 2 is 1.83 bits per heavy atom. The fourth-order valence-corrected chi connectivity index (χ4v) is 2.59. The van der Waals surface area contributed by atoms with Gasteiger partial charge in [0.2, 0.25) is 8.32 Å². The van der Waals surface area contributed by atoms with E-state index in [9.17, 15) is 4.80 Å². The Morgan fingerprint density at radius 3 is 2.25 bits per heavy atom. The van der Waals surface area contributed by atoms with Crippen LogP contribution < -0.4 is 5.19 Å². The van der Waals surface area contributed by atoms with Gasteiger partial charge >= 0.3 is 0 Å². The number of fused-ring (bicyclic) bond motifs is 1. The topological polar surface area (TPSA) is 20.2 Å². The Morgan fingerprint density at radius 1 is 1.17 bits per heavy atom. The maximum Gasteiger partial charge on any atom is 0.213 e. The third kappa shape index (κ3) is 1.21. The normalized spacial score (nSPS) is 15.2. The summed E-state index contributed by atoms with van der Waals surface area (Å²) >= 11 is 0. The molecule has 0 atom stereocenters. The van der Waals surface area contributed by atoms with E-state index in [-0.39, 0.29) is 0 Å². The van der Waals surface area contributed by atoms with Gasteiger partial charge in [-0.05, 0) is 42.2 Å². The third-order valence-electron chi connectivity index (χ3n) is 2.58. The molecule has 0 radical (unpaired) electrons. The number of hydrogen-bond acceptors (Lipinski definition) is 1. The molecular formula is C10H14OSi. The molecule has 0 bridgehead atoms. The van der Waals surface area contributed by atoms with Gasteiger partial charge in [0.05, 0.1) is 0 Å². The lowest BCUT2D eigenvalue weighted by molar-refractivity contribution is 0.568. The SMILES string of the molecule is C[Si](C)(O)c1ccc2c(c1)CC2. The van der Waals surface area contributed by atoms with Crippen LogP contribution in [0.15, 0.2) is 18.2 Å². The van der Waals surface area contributed by atoms with E-state index in [0.717, 1.165) is 0 Å². The minimum atomic E-state index is -2.05. The monoisotopic (exact) mass is 178 g/mol. The summed E-state index contributed by atoms with van der Waals surface area (Å²) in [5, 5.41) is 1.17. The van der Waals surface area contributed by atoms with Crippen molar-refractivity contribution >= 4 is 13.5 Å². The largest absolute Gasteiger partial charge is 0.428 e. The summed E-state index contributed by atoms with van der Waals surface area (Å²) in [5.74, 6) is 0. The molecule has 1 aliphatic carbocycles. The Balaban J connectivity index is 2.42. The average molecular weight is 178 g/mol. The molecule has 2 heteroatoms. The minimum absolute atomic E-state index is 1.17. The van der Waals surface area contributed by atoms with Gasteiger partial charge < -0.3 is 4.80 Å². The summed E-state index contributed by atoms with van der Waals surface area (Å²) in [6, 6.07) is 6.44. The Hall–Kier alpha value is -0.603. The second-order valence-corrected chi connectivity index (χ2v) is 7.74. The molecule has 0 aromatic heterocycles. The van der Waals surface area contributed by atoms with Gasteiger partial charge in [-0.15, -0.1) is 0 Å². The molecule has 64 valence electrons. The first-order valence-electron chi connectivity index (χ1n) is 4.42. The first-order valence-corrected chi connectivity index (χ1v) is 7.37. The van der Waals surface area contributed by atoms with E-state index >= 15 is 0 Å². The smallest absolute Gasteiger partial charge is 0.213 e. The number of benzene rings is 1. The fourth-order valence-electron chi connectivity index (χ4n) is 1.58. The molecule has 1 aromatic carbocycles. The zero-order chi connectivity index (χ0) is 8.77. The predicted molar refractivity (Wildman–Crippen MR) is 53.2 cm³/mol. The van der Waals surface area contributed by atoms with Crippen molar-refractivity contribution in [2.45, 2.75) is 25.9 Å². The van der Waals surface area contributed by atoms with Crippen LogP contribution in [0, 0.1) is 0 Å². The highest BCUT2D eigenvalue weighted by Gasteiger charge is 2.22. The Kier molecular flexibility index (Phi) is 1.63. The fraction of sp³-hybridized carbons (Fsp3) is 0.400. The maximum atomic E-state index is 9.87. The van der Waals surface area contributed by atoms with Crippen LogP contribution in [-0.2, 0) is 12.8 Å². The van der Waals surface area contributed by atoms with E-state index in [0.29, 0.717) is 0 Å². The van der Waals surface area contributed by atoms with Gasteiger partial charge in [-0.2, -0.15) is 0 Å². The molecule has 0 unspecified atom stereocenters. The summed E-state index contributed by atoms with van der Waals surface area (Å²) in [4.78, 5) is 9.87. The van der Waals surface area contributed by atoms with Crippen LogP contribution in [0.3, 0.4) is 0 Å². The second kappa shape index (κ2) is 2.44. The van der Waals surface area contributed by atoms with Crippen molar-refractivity contribution in [2.24, 2.45) is 0 Å². The van der Waals surface area contributed by atoms with Crippen LogP contribution >= 0.6 is 0 Å². The van der Waals surface area contributed by atoms with E-state index in [1.54, 1.807) is 0 Å². The molecule has 0 saturated heterocycles. The quantitative estimate of drug-likeness (QED) is 0.640. The van der Waals surface area contributed by atoms with E-state index < -0.39 is 8.32 Å². The molecule has 1 nitrogen and oxygen atoms in total. The van der Waals surface area contributed by atoms with E-state index in [4.69, 9.17) is 0 Å². The highest BCUT2D eigenvalue weighted by atomic mass is 28.4. The van der Waals surface area contributed by atoms with E-state index in [1.165, 1.54) is 29.2 Å². The van der Waals surface area contributed by atoms with Crippen LogP contribution in [0.25, 0.3) is 0 Å². The van der Waals surface area contributed by atoms with Gasteiger partial charge in [0.15, 0.2) is 0 Å². The van der Waals surface area contributed by atoms with Gasteiger partial charge in [-0.3, -0.25) is 0 Å². The Labute approximate surface area is 74.2 Å². The van der Waals surface area contributed by atoms with Crippen molar-refractivity contribution in [3.63, 3.8) is 0 Å². The summed E-state index contributed by atoms with van der Waals surface area (Å²) in [5.41, 5.74) is 2.92. The Bertz CT molecular complexity index is 312. The molecule has 0 saturated carbocycles. The lowest BCUT2D eigenvalue weighted by Gasteiger charge is -2.22. The van der Waals surface area contributed by atoms with Crippen LogP contribution in [-0.4, -0.2) is 13.1 Å². The number of rotatable bonds is 1. The summed E-state index contributed by atoms with van der Waals surface area (Å²) in [7, 11) is -2.05. The van der Waals surface area contributed by atoms with Crippen molar-refractivity contribution in [3.8, 4) is 0 Å². The summed E-state index contributed by atoms with van der Waals surface area (Å²) in [6.45, 7) is 3.93. The summed E-state index contributed by atoms with van der Waals surface area (Å²) in [6.07, 6.45) is 2.43. The molecule has 0 fully saturated rings. The highest BCUT2D eigenvalue weighted by molar-refractivity contribution is 6.83. The minimum Gasteiger partial charge on any atom is -0.428 e. The van der Waals surface area contributed by atoms with Crippen LogP contribution in [0.5, 0.6) is 0 Å². The van der Waals surface area contributed by atoms with Gasteiger partial charge in [-0.25, -0.2) is 0 Å². The molecule has 0 heterocycles. The van der Waals surface area contributed by atoms with Gasteiger partial charge in [0.1, 0.15) is 0 Å². The molecule has 0 amide bonds. The average Bonchev–Trinajstić information content (AvgIpc) is 1.89. The highest BCUT2D eigenvalue weighted by Crippen LogP contribution is 2.21. The van der Waals surface area contributed by atoms with Crippen LogP contribution in [0.4, 0.5) is 0 Å². The van der Waals surface area contributed by atoms with Gasteiger partial charge in [0.25, 0.3) is 0 Å². The van der Waals surface area contributed by atoms with Crippen molar-refractivity contribution in [1.82, 2.24) is 0 Å². The molecular weight excluding hydrogens is 164 g/mol. The third-order valence-corrected chi connectivity index (χ3v) is 4.30. The number of hydrogen-bond donors (Lipinski definition) is 1. The van der Waals surface area contributed by atoms with Gasteiger partial charge in [-0.1, -0.05) is 18.2 Å². The van der Waals surface area contributed by atoms with Crippen molar-refractivity contribution in [2.75, 3.05) is 0 Å². The van der Waals surface area contributed by atoms with Crippen LogP contribution in [0.1, 0.15) is 11.1 Å². The van der Waals surface area contributed by atoms with Crippen LogP contribution in [0.2, 0.25) is 13.1 Å². The lowest BCUT2D eigenvalue weighted by atomic mass is 9.89.